The number of nitrogens with zero attached hydrogens (tertiary/aromatic N) is 1. The molecule has 0 bridgehead atoms. The third-order valence-corrected chi connectivity index (χ3v) is 4.49. The largest absolute Gasteiger partial charge is 0.489 e. The van der Waals surface area contributed by atoms with E-state index >= 15 is 0 Å². The Labute approximate surface area is 162 Å². The molecule has 7 heteroatoms. The number of carbonyl (C=O) groups excluding carboxylic acids is 2. The van der Waals surface area contributed by atoms with Gasteiger partial charge >= 0.3 is 0 Å². The molecule has 142 valence electrons. The number of amides is 2. The van der Waals surface area contributed by atoms with Gasteiger partial charge in [-0.1, -0.05) is 23.7 Å². The number of para-hydroxylation sites is 2. The van der Waals surface area contributed by atoms with Gasteiger partial charge in [-0.3, -0.25) is 9.59 Å². The molecule has 5 nitrogen and oxygen atoms in total. The zero-order valence-corrected chi connectivity index (χ0v) is 15.8. The van der Waals surface area contributed by atoms with Gasteiger partial charge in [-0.2, -0.15) is 0 Å². The highest BCUT2D eigenvalue weighted by molar-refractivity contribution is 6.31. The molecule has 2 amide bonds. The molecular weight excluding hydrogens is 371 g/mol. The fourth-order valence-electron chi connectivity index (χ4n) is 2.97. The Balaban J connectivity index is 1.73. The normalized spacial score (nSPS) is 16.7. The third-order valence-electron chi connectivity index (χ3n) is 4.20. The Morgan fingerprint density at radius 3 is 2.74 bits per heavy atom. The van der Waals surface area contributed by atoms with Crippen molar-refractivity contribution in [2.75, 3.05) is 16.8 Å². The van der Waals surface area contributed by atoms with E-state index < -0.39 is 11.7 Å². The van der Waals surface area contributed by atoms with Gasteiger partial charge in [-0.25, -0.2) is 4.39 Å². The van der Waals surface area contributed by atoms with Crippen molar-refractivity contribution in [1.82, 2.24) is 0 Å². The molecule has 1 heterocycles. The molecule has 0 spiro atoms. The predicted octanol–water partition coefficient (Wildman–Crippen LogP) is 4.26. The van der Waals surface area contributed by atoms with Crippen LogP contribution in [0.25, 0.3) is 0 Å². The third kappa shape index (κ3) is 4.39. The van der Waals surface area contributed by atoms with Crippen LogP contribution in [0.2, 0.25) is 5.02 Å². The van der Waals surface area contributed by atoms with E-state index in [1.807, 2.05) is 26.0 Å². The van der Waals surface area contributed by atoms with Gasteiger partial charge in [0.2, 0.25) is 11.8 Å². The second-order valence-electron chi connectivity index (χ2n) is 6.66. The molecule has 1 saturated heterocycles. The van der Waals surface area contributed by atoms with Crippen molar-refractivity contribution < 1.29 is 18.7 Å². The molecule has 0 saturated carbocycles. The Morgan fingerprint density at radius 2 is 2.04 bits per heavy atom. The zero-order valence-electron chi connectivity index (χ0n) is 15.0. The van der Waals surface area contributed by atoms with Crippen LogP contribution in [-0.2, 0) is 9.59 Å². The molecule has 1 unspecified atom stereocenters. The van der Waals surface area contributed by atoms with Crippen molar-refractivity contribution in [3.8, 4) is 5.75 Å². The van der Waals surface area contributed by atoms with Crippen LogP contribution >= 0.6 is 11.6 Å². The lowest BCUT2D eigenvalue weighted by molar-refractivity contribution is -0.122. The molecule has 2 aromatic rings. The number of rotatable bonds is 5. The Bertz CT molecular complexity index is 872. The highest BCUT2D eigenvalue weighted by atomic mass is 35.5. The van der Waals surface area contributed by atoms with Crippen molar-refractivity contribution in [1.29, 1.82) is 0 Å². The number of halogens is 2. The molecule has 3 rings (SSSR count). The van der Waals surface area contributed by atoms with Gasteiger partial charge in [0.25, 0.3) is 0 Å². The van der Waals surface area contributed by atoms with E-state index in [1.54, 1.807) is 17.0 Å². The summed E-state index contributed by atoms with van der Waals surface area (Å²) in [4.78, 5) is 26.6. The first-order valence-electron chi connectivity index (χ1n) is 8.67. The number of nitrogens with one attached hydrogen (secondary N) is 1. The minimum absolute atomic E-state index is 0.0359. The van der Waals surface area contributed by atoms with Gasteiger partial charge in [-0.05, 0) is 44.2 Å². The summed E-state index contributed by atoms with van der Waals surface area (Å²) in [6, 6.07) is 11.2. The second-order valence-corrected chi connectivity index (χ2v) is 7.07. The van der Waals surface area contributed by atoms with Crippen LogP contribution in [0.4, 0.5) is 15.8 Å². The van der Waals surface area contributed by atoms with Crippen LogP contribution < -0.4 is 15.0 Å². The summed E-state index contributed by atoms with van der Waals surface area (Å²) in [6.45, 7) is 4.07. The first-order chi connectivity index (χ1) is 12.8. The van der Waals surface area contributed by atoms with E-state index in [-0.39, 0.29) is 35.9 Å². The topological polar surface area (TPSA) is 58.6 Å². The van der Waals surface area contributed by atoms with E-state index in [2.05, 4.69) is 5.32 Å². The average molecular weight is 391 g/mol. The van der Waals surface area contributed by atoms with Crippen molar-refractivity contribution in [3.63, 3.8) is 0 Å². The molecule has 27 heavy (non-hydrogen) atoms. The number of ether oxygens (including phenoxy) is 1. The number of anilines is 2. The summed E-state index contributed by atoms with van der Waals surface area (Å²) in [7, 11) is 0. The summed E-state index contributed by atoms with van der Waals surface area (Å²) in [5.41, 5.74) is 1.04. The Hall–Kier alpha value is -2.60. The summed E-state index contributed by atoms with van der Waals surface area (Å²) in [5, 5.41) is 2.62. The minimum atomic E-state index is -0.557. The van der Waals surface area contributed by atoms with E-state index in [0.29, 0.717) is 17.1 Å². The van der Waals surface area contributed by atoms with E-state index in [1.165, 1.54) is 18.2 Å². The summed E-state index contributed by atoms with van der Waals surface area (Å²) >= 11 is 5.74. The molecule has 1 fully saturated rings. The zero-order chi connectivity index (χ0) is 19.6. The van der Waals surface area contributed by atoms with Crippen molar-refractivity contribution in [3.05, 3.63) is 53.3 Å². The summed E-state index contributed by atoms with van der Waals surface area (Å²) < 4.78 is 19.0. The van der Waals surface area contributed by atoms with Gasteiger partial charge in [0.05, 0.1) is 22.7 Å². The SMILES string of the molecule is CC(C)Oc1ccccc1N1CC(C(=O)Nc2ccc(F)c(Cl)c2)CC1=O. The monoisotopic (exact) mass is 390 g/mol. The maximum atomic E-state index is 13.2. The van der Waals surface area contributed by atoms with Crippen LogP contribution in [0.3, 0.4) is 0 Å². The molecule has 0 radical (unpaired) electrons. The molecule has 0 aliphatic carbocycles. The molecule has 1 atom stereocenters. The van der Waals surface area contributed by atoms with Gasteiger partial charge in [0, 0.05) is 18.7 Å². The quantitative estimate of drug-likeness (QED) is 0.829. The first-order valence-corrected chi connectivity index (χ1v) is 9.05. The molecule has 0 aromatic heterocycles. The van der Waals surface area contributed by atoms with Gasteiger partial charge < -0.3 is 15.0 Å². The predicted molar refractivity (Wildman–Crippen MR) is 103 cm³/mol. The van der Waals surface area contributed by atoms with Gasteiger partial charge in [0.15, 0.2) is 0 Å². The highest BCUT2D eigenvalue weighted by Crippen LogP contribution is 2.34. The molecule has 1 aliphatic heterocycles. The average Bonchev–Trinajstić information content (AvgIpc) is 3.00. The minimum Gasteiger partial charge on any atom is -0.489 e. The fraction of sp³-hybridized carbons (Fsp3) is 0.300. The lowest BCUT2D eigenvalue weighted by atomic mass is 10.1. The smallest absolute Gasteiger partial charge is 0.229 e. The molecule has 1 N–H and O–H groups in total. The van der Waals surface area contributed by atoms with Crippen LogP contribution in [0.1, 0.15) is 20.3 Å². The van der Waals surface area contributed by atoms with Gasteiger partial charge in [-0.15, -0.1) is 0 Å². The van der Waals surface area contributed by atoms with Crippen LogP contribution in [0, 0.1) is 11.7 Å². The van der Waals surface area contributed by atoms with Crippen LogP contribution in [0.15, 0.2) is 42.5 Å². The summed E-state index contributed by atoms with van der Waals surface area (Å²) in [6.07, 6.45) is 0.0581. The van der Waals surface area contributed by atoms with Crippen LogP contribution in [0.5, 0.6) is 5.75 Å². The fourth-order valence-corrected chi connectivity index (χ4v) is 3.15. The second kappa shape index (κ2) is 7.96. The van der Waals surface area contributed by atoms with E-state index in [4.69, 9.17) is 16.3 Å². The Kier molecular flexibility index (Phi) is 5.65. The highest BCUT2D eigenvalue weighted by Gasteiger charge is 2.36. The number of carbonyl (C=O) groups is 2. The van der Waals surface area contributed by atoms with E-state index in [0.717, 1.165) is 0 Å². The van der Waals surface area contributed by atoms with Crippen molar-refractivity contribution in [2.24, 2.45) is 5.92 Å². The molecular formula is C20H20ClFN2O3. The number of hydrogen-bond acceptors (Lipinski definition) is 3. The Morgan fingerprint density at radius 1 is 1.30 bits per heavy atom. The van der Waals surface area contributed by atoms with Crippen molar-refractivity contribution in [2.45, 2.75) is 26.4 Å². The maximum absolute atomic E-state index is 13.2. The van der Waals surface area contributed by atoms with E-state index in [9.17, 15) is 14.0 Å². The lowest BCUT2D eigenvalue weighted by Gasteiger charge is -2.21. The molecule has 2 aromatic carbocycles. The lowest BCUT2D eigenvalue weighted by Crippen LogP contribution is -2.28. The summed E-state index contributed by atoms with van der Waals surface area (Å²) in [5.74, 6) is -0.929. The number of benzene rings is 2. The standard InChI is InChI=1S/C20H20ClFN2O3/c1-12(2)27-18-6-4-3-5-17(18)24-11-13(9-19(24)25)20(26)23-14-7-8-16(22)15(21)10-14/h3-8,10,12-13H,9,11H2,1-2H3,(H,23,26). The maximum Gasteiger partial charge on any atom is 0.229 e. The number of hydrogen-bond donors (Lipinski definition) is 1. The van der Waals surface area contributed by atoms with Crippen molar-refractivity contribution >= 4 is 34.8 Å². The first kappa shape index (κ1) is 19.2. The molecule has 1 aliphatic rings. The van der Waals surface area contributed by atoms with Gasteiger partial charge in [0.1, 0.15) is 11.6 Å². The van der Waals surface area contributed by atoms with Crippen LogP contribution in [-0.4, -0.2) is 24.5 Å².